The van der Waals surface area contributed by atoms with Gasteiger partial charge in [-0.2, -0.15) is 0 Å². The molecule has 96 valence electrons. The highest BCUT2D eigenvalue weighted by atomic mass is 32.2. The van der Waals surface area contributed by atoms with Crippen LogP contribution in [-0.4, -0.2) is 22.1 Å². The highest BCUT2D eigenvalue weighted by molar-refractivity contribution is 8.13. The molecule has 0 radical (unpaired) electrons. The number of thioether (sulfide) groups is 1. The van der Waals surface area contributed by atoms with Gasteiger partial charge in [0.15, 0.2) is 5.17 Å². The molecule has 3 nitrogen and oxygen atoms in total. The molecule has 3 rings (SSSR count). The van der Waals surface area contributed by atoms with Crippen molar-refractivity contribution in [3.8, 4) is 0 Å². The van der Waals surface area contributed by atoms with Gasteiger partial charge in [0.2, 0.25) is 0 Å². The summed E-state index contributed by atoms with van der Waals surface area (Å²) in [4.78, 5) is 11.3. The molecule has 0 bridgehead atoms. The number of hydrogen-bond acceptors (Lipinski definition) is 3. The van der Waals surface area contributed by atoms with Gasteiger partial charge in [-0.25, -0.2) is 9.98 Å². The number of hydrogen-bond donors (Lipinski definition) is 0. The summed E-state index contributed by atoms with van der Waals surface area (Å²) in [5, 5.41) is 2.06. The Morgan fingerprint density at radius 3 is 2.79 bits per heavy atom. The van der Waals surface area contributed by atoms with Gasteiger partial charge in [0, 0.05) is 25.4 Å². The molecule has 19 heavy (non-hydrogen) atoms. The monoisotopic (exact) mass is 269 g/mol. The van der Waals surface area contributed by atoms with E-state index in [-0.39, 0.29) is 0 Å². The van der Waals surface area contributed by atoms with Crippen LogP contribution in [0.1, 0.15) is 11.1 Å². The SMILES string of the molecule is Cc1ccc(N=C2Sc3ncccc3CN2C)cc1. The van der Waals surface area contributed by atoms with Crippen molar-refractivity contribution in [3.05, 3.63) is 53.7 Å². The molecule has 0 saturated carbocycles. The van der Waals surface area contributed by atoms with Crippen molar-refractivity contribution in [2.24, 2.45) is 4.99 Å². The summed E-state index contributed by atoms with van der Waals surface area (Å²) >= 11 is 1.63. The first-order valence-corrected chi connectivity index (χ1v) is 7.02. The lowest BCUT2D eigenvalue weighted by Crippen LogP contribution is -2.27. The molecule has 0 N–H and O–H groups in total. The first-order chi connectivity index (χ1) is 9.22. The van der Waals surface area contributed by atoms with Crippen molar-refractivity contribution >= 4 is 22.6 Å². The van der Waals surface area contributed by atoms with Crippen molar-refractivity contribution in [2.45, 2.75) is 18.5 Å². The fourth-order valence-electron chi connectivity index (χ4n) is 1.96. The molecule has 1 aliphatic rings. The molecule has 4 heteroatoms. The van der Waals surface area contributed by atoms with Gasteiger partial charge in [-0.1, -0.05) is 23.8 Å². The maximum Gasteiger partial charge on any atom is 0.170 e. The van der Waals surface area contributed by atoms with Crippen LogP contribution in [0.3, 0.4) is 0 Å². The van der Waals surface area contributed by atoms with Crippen molar-refractivity contribution in [1.82, 2.24) is 9.88 Å². The van der Waals surface area contributed by atoms with E-state index < -0.39 is 0 Å². The summed E-state index contributed by atoms with van der Waals surface area (Å²) in [6.45, 7) is 2.94. The largest absolute Gasteiger partial charge is 0.349 e. The average Bonchev–Trinajstić information content (AvgIpc) is 2.42. The van der Waals surface area contributed by atoms with Gasteiger partial charge in [-0.05, 0) is 36.9 Å². The topological polar surface area (TPSA) is 28.5 Å². The fourth-order valence-corrected chi connectivity index (χ4v) is 2.88. The standard InChI is InChI=1S/C15H15N3S/c1-11-5-7-13(8-6-11)17-15-18(2)10-12-4-3-9-16-14(12)19-15/h3-9H,10H2,1-2H3. The number of aryl methyl sites for hydroxylation is 1. The molecule has 0 unspecified atom stereocenters. The predicted octanol–water partition coefficient (Wildman–Crippen LogP) is 3.62. The Bertz CT molecular complexity index is 620. The molecule has 0 aliphatic carbocycles. The number of pyridine rings is 1. The smallest absolute Gasteiger partial charge is 0.170 e. The molecule has 2 aromatic rings. The van der Waals surface area contributed by atoms with E-state index in [1.165, 1.54) is 11.1 Å². The van der Waals surface area contributed by atoms with Crippen LogP contribution in [-0.2, 0) is 6.54 Å². The minimum Gasteiger partial charge on any atom is -0.349 e. The molecule has 0 saturated heterocycles. The minimum absolute atomic E-state index is 0.862. The van der Waals surface area contributed by atoms with Crippen LogP contribution in [0.25, 0.3) is 0 Å². The number of nitrogens with zero attached hydrogens (tertiary/aromatic N) is 3. The highest BCUT2D eigenvalue weighted by Crippen LogP contribution is 2.31. The maximum absolute atomic E-state index is 4.70. The number of rotatable bonds is 1. The van der Waals surface area contributed by atoms with Crippen LogP contribution < -0.4 is 0 Å². The second-order valence-electron chi connectivity index (χ2n) is 4.66. The van der Waals surface area contributed by atoms with E-state index in [2.05, 4.69) is 42.1 Å². The number of fused-ring (bicyclic) bond motifs is 1. The Kier molecular flexibility index (Phi) is 3.25. The lowest BCUT2D eigenvalue weighted by Gasteiger charge is -2.26. The number of aromatic nitrogens is 1. The molecular weight excluding hydrogens is 254 g/mol. The summed E-state index contributed by atoms with van der Waals surface area (Å²) < 4.78 is 0. The van der Waals surface area contributed by atoms with Crippen LogP contribution in [0.5, 0.6) is 0 Å². The normalized spacial score (nSPS) is 16.5. The second-order valence-corrected chi connectivity index (χ2v) is 5.61. The van der Waals surface area contributed by atoms with Gasteiger partial charge in [-0.15, -0.1) is 0 Å². The highest BCUT2D eigenvalue weighted by Gasteiger charge is 2.20. The van der Waals surface area contributed by atoms with Gasteiger partial charge >= 0.3 is 0 Å². The average molecular weight is 269 g/mol. The van der Waals surface area contributed by atoms with Crippen LogP contribution in [0.2, 0.25) is 0 Å². The molecule has 1 aromatic heterocycles. The maximum atomic E-state index is 4.70. The Labute approximate surface area is 117 Å². The van der Waals surface area contributed by atoms with Crippen molar-refractivity contribution in [3.63, 3.8) is 0 Å². The third-order valence-electron chi connectivity index (χ3n) is 3.03. The molecule has 2 heterocycles. The molecule has 0 spiro atoms. The van der Waals surface area contributed by atoms with E-state index in [1.54, 1.807) is 11.8 Å². The van der Waals surface area contributed by atoms with E-state index in [0.29, 0.717) is 0 Å². The Morgan fingerprint density at radius 2 is 2.00 bits per heavy atom. The molecular formula is C15H15N3S. The Balaban J connectivity index is 1.92. The second kappa shape index (κ2) is 5.05. The van der Waals surface area contributed by atoms with Crippen LogP contribution in [0, 0.1) is 6.92 Å². The number of benzene rings is 1. The van der Waals surface area contributed by atoms with Gasteiger partial charge in [-0.3, -0.25) is 0 Å². The van der Waals surface area contributed by atoms with E-state index in [0.717, 1.165) is 22.4 Å². The summed E-state index contributed by atoms with van der Waals surface area (Å²) in [7, 11) is 2.07. The van der Waals surface area contributed by atoms with E-state index in [9.17, 15) is 0 Å². The Morgan fingerprint density at radius 1 is 1.21 bits per heavy atom. The van der Waals surface area contributed by atoms with Crippen LogP contribution in [0.4, 0.5) is 5.69 Å². The number of amidine groups is 1. The summed E-state index contributed by atoms with van der Waals surface area (Å²) in [5.74, 6) is 0. The zero-order valence-electron chi connectivity index (χ0n) is 11.0. The number of aliphatic imine (C=N–C) groups is 1. The van der Waals surface area contributed by atoms with E-state index in [1.807, 2.05) is 24.4 Å². The third kappa shape index (κ3) is 2.63. The summed E-state index contributed by atoms with van der Waals surface area (Å²) in [5.41, 5.74) is 3.50. The van der Waals surface area contributed by atoms with Crippen LogP contribution in [0.15, 0.2) is 52.6 Å². The van der Waals surface area contributed by atoms with Gasteiger partial charge in [0.1, 0.15) is 5.03 Å². The molecule has 0 fully saturated rings. The van der Waals surface area contributed by atoms with Crippen LogP contribution >= 0.6 is 11.8 Å². The molecule has 0 atom stereocenters. The summed E-state index contributed by atoms with van der Waals surface area (Å²) in [6.07, 6.45) is 1.83. The third-order valence-corrected chi connectivity index (χ3v) is 4.18. The first-order valence-electron chi connectivity index (χ1n) is 6.20. The zero-order chi connectivity index (χ0) is 13.2. The van der Waals surface area contributed by atoms with E-state index in [4.69, 9.17) is 4.99 Å². The lowest BCUT2D eigenvalue weighted by molar-refractivity contribution is 0.498. The van der Waals surface area contributed by atoms with Crippen molar-refractivity contribution in [2.75, 3.05) is 7.05 Å². The van der Waals surface area contributed by atoms with Gasteiger partial charge < -0.3 is 4.90 Å². The summed E-state index contributed by atoms with van der Waals surface area (Å²) in [6, 6.07) is 12.4. The van der Waals surface area contributed by atoms with Gasteiger partial charge in [0.05, 0.1) is 5.69 Å². The van der Waals surface area contributed by atoms with Gasteiger partial charge in [0.25, 0.3) is 0 Å². The Hall–Kier alpha value is -1.81. The first kappa shape index (κ1) is 12.2. The van der Waals surface area contributed by atoms with E-state index >= 15 is 0 Å². The van der Waals surface area contributed by atoms with Crippen molar-refractivity contribution in [1.29, 1.82) is 0 Å². The van der Waals surface area contributed by atoms with Crippen molar-refractivity contribution < 1.29 is 0 Å². The zero-order valence-corrected chi connectivity index (χ0v) is 11.8. The lowest BCUT2D eigenvalue weighted by atomic mass is 10.2. The quantitative estimate of drug-likeness (QED) is 0.791. The molecule has 1 aromatic carbocycles. The fraction of sp³-hybridized carbons (Fsp3) is 0.200. The predicted molar refractivity (Wildman–Crippen MR) is 79.8 cm³/mol. The molecule has 0 amide bonds. The minimum atomic E-state index is 0.862. The molecule has 1 aliphatic heterocycles.